The summed E-state index contributed by atoms with van der Waals surface area (Å²) in [5.41, 5.74) is 1.83. The van der Waals surface area contributed by atoms with Crippen LogP contribution in [0.3, 0.4) is 0 Å². The first kappa shape index (κ1) is 15.7. The molecule has 23 heavy (non-hydrogen) atoms. The van der Waals surface area contributed by atoms with Gasteiger partial charge in [0.2, 0.25) is 0 Å². The van der Waals surface area contributed by atoms with Gasteiger partial charge in [0.15, 0.2) is 6.17 Å². The van der Waals surface area contributed by atoms with E-state index in [9.17, 15) is 14.3 Å². The van der Waals surface area contributed by atoms with Gasteiger partial charge in [-0.05, 0) is 6.92 Å². The number of carbonyl (C=O) groups is 1. The Kier molecular flexibility index (Phi) is 4.18. The molecule has 1 saturated carbocycles. The zero-order valence-electron chi connectivity index (χ0n) is 13.1. The minimum atomic E-state index is -1.04. The van der Waals surface area contributed by atoms with Crippen molar-refractivity contribution in [3.8, 4) is 0 Å². The van der Waals surface area contributed by atoms with Crippen LogP contribution in [0.5, 0.6) is 0 Å². The van der Waals surface area contributed by atoms with Gasteiger partial charge >= 0.3 is 6.09 Å². The van der Waals surface area contributed by atoms with Gasteiger partial charge < -0.3 is 5.11 Å². The van der Waals surface area contributed by atoms with Crippen molar-refractivity contribution in [1.29, 1.82) is 0 Å². The maximum absolute atomic E-state index is 13.9. The average molecular weight is 314 g/mol. The molecule has 4 heteroatoms. The molecule has 3 nitrogen and oxygen atoms in total. The van der Waals surface area contributed by atoms with Crippen molar-refractivity contribution >= 4 is 6.09 Å². The Hall–Kier alpha value is -2.20. The molecule has 0 heterocycles. The lowest BCUT2D eigenvalue weighted by atomic mass is 10.0. The normalized spacial score (nSPS) is 23.7. The Balaban J connectivity index is 2.03. The highest BCUT2D eigenvalue weighted by molar-refractivity contribution is 5.58. The van der Waals surface area contributed by atoms with Crippen molar-refractivity contribution in [2.45, 2.75) is 38.1 Å². The summed E-state index contributed by atoms with van der Waals surface area (Å²) in [6.07, 6.45) is -1.69. The maximum Gasteiger partial charge on any atom is 0.514 e. The van der Waals surface area contributed by atoms with Gasteiger partial charge in [0, 0.05) is 17.5 Å². The SMILES string of the molecule is CC(c1ccccc1)[N@@+](Cc1ccccc1)(C(=O)O)[C@@H]1C[C@@H]1F. The molecule has 0 bridgehead atoms. The Bertz CT molecular complexity index is 676. The van der Waals surface area contributed by atoms with Gasteiger partial charge in [-0.1, -0.05) is 60.7 Å². The van der Waals surface area contributed by atoms with Crippen LogP contribution in [0.1, 0.15) is 30.5 Å². The predicted molar refractivity (Wildman–Crippen MR) is 86.6 cm³/mol. The number of benzene rings is 2. The highest BCUT2D eigenvalue weighted by atomic mass is 19.1. The average Bonchev–Trinajstić information content (AvgIpc) is 3.30. The van der Waals surface area contributed by atoms with Crippen molar-refractivity contribution in [3.05, 3.63) is 71.8 Å². The van der Waals surface area contributed by atoms with Crippen LogP contribution in [-0.2, 0) is 6.54 Å². The topological polar surface area (TPSA) is 37.3 Å². The van der Waals surface area contributed by atoms with E-state index in [0.29, 0.717) is 6.42 Å². The number of carboxylic acid groups (broad SMARTS) is 1. The molecule has 0 radical (unpaired) electrons. The smallest absolute Gasteiger partial charge is 0.435 e. The van der Waals surface area contributed by atoms with E-state index in [1.54, 1.807) is 0 Å². The number of halogens is 1. The summed E-state index contributed by atoms with van der Waals surface area (Å²) < 4.78 is 13.6. The number of hydrogen-bond donors (Lipinski definition) is 1. The third-order valence-corrected chi connectivity index (χ3v) is 4.89. The summed E-state index contributed by atoms with van der Waals surface area (Å²) in [4.78, 5) is 12.3. The van der Waals surface area contributed by atoms with E-state index in [2.05, 4.69) is 0 Å². The molecule has 0 saturated heterocycles. The molecular formula is C19H21FNO2+. The van der Waals surface area contributed by atoms with E-state index in [-0.39, 0.29) is 17.1 Å². The molecule has 1 amide bonds. The zero-order valence-corrected chi connectivity index (χ0v) is 13.1. The zero-order chi connectivity index (χ0) is 16.4. The molecular weight excluding hydrogens is 293 g/mol. The first-order valence-corrected chi connectivity index (χ1v) is 7.89. The van der Waals surface area contributed by atoms with Crippen molar-refractivity contribution in [2.75, 3.05) is 0 Å². The quantitative estimate of drug-likeness (QED) is 0.822. The van der Waals surface area contributed by atoms with Gasteiger partial charge in [0.1, 0.15) is 18.6 Å². The molecule has 0 aromatic heterocycles. The van der Waals surface area contributed by atoms with E-state index in [1.807, 2.05) is 67.6 Å². The van der Waals surface area contributed by atoms with E-state index >= 15 is 0 Å². The fraction of sp³-hybridized carbons (Fsp3) is 0.316. The molecule has 2 aromatic rings. The molecule has 1 N–H and O–H groups in total. The van der Waals surface area contributed by atoms with Crippen LogP contribution in [-0.4, -0.2) is 27.9 Å². The van der Waals surface area contributed by atoms with Gasteiger partial charge in [-0.25, -0.2) is 8.87 Å². The highest BCUT2D eigenvalue weighted by Crippen LogP contribution is 2.45. The number of alkyl halides is 1. The minimum Gasteiger partial charge on any atom is -0.435 e. The van der Waals surface area contributed by atoms with E-state index < -0.39 is 18.3 Å². The second-order valence-electron chi connectivity index (χ2n) is 6.26. The van der Waals surface area contributed by atoms with Crippen molar-refractivity contribution in [2.24, 2.45) is 0 Å². The van der Waals surface area contributed by atoms with Gasteiger partial charge in [-0.3, -0.25) is 0 Å². The van der Waals surface area contributed by atoms with Crippen LogP contribution in [0.4, 0.5) is 9.18 Å². The van der Waals surface area contributed by atoms with Crippen LogP contribution >= 0.6 is 0 Å². The number of hydrogen-bond acceptors (Lipinski definition) is 1. The monoisotopic (exact) mass is 314 g/mol. The molecule has 2 aromatic carbocycles. The molecule has 3 rings (SSSR count). The van der Waals surface area contributed by atoms with Crippen LogP contribution in [0, 0.1) is 0 Å². The molecule has 120 valence electrons. The molecule has 4 atom stereocenters. The van der Waals surface area contributed by atoms with Crippen molar-refractivity contribution in [3.63, 3.8) is 0 Å². The third kappa shape index (κ3) is 2.86. The summed E-state index contributed by atoms with van der Waals surface area (Å²) in [5.74, 6) is 0. The van der Waals surface area contributed by atoms with Crippen LogP contribution in [0.2, 0.25) is 0 Å². The number of quaternary nitrogens is 1. The van der Waals surface area contributed by atoms with Crippen molar-refractivity contribution in [1.82, 2.24) is 0 Å². The fourth-order valence-corrected chi connectivity index (χ4v) is 3.43. The third-order valence-electron chi connectivity index (χ3n) is 4.89. The number of rotatable bonds is 5. The summed E-state index contributed by atoms with van der Waals surface area (Å²) in [6, 6.07) is 18.2. The molecule has 1 aliphatic carbocycles. The van der Waals surface area contributed by atoms with E-state index in [4.69, 9.17) is 0 Å². The summed E-state index contributed by atoms with van der Waals surface area (Å²) >= 11 is 0. The Morgan fingerprint density at radius 2 is 1.70 bits per heavy atom. The first-order chi connectivity index (χ1) is 11.1. The maximum atomic E-state index is 13.9. The first-order valence-electron chi connectivity index (χ1n) is 7.89. The summed E-state index contributed by atoms with van der Waals surface area (Å²) in [6.45, 7) is 2.18. The highest BCUT2D eigenvalue weighted by Gasteiger charge is 2.61. The van der Waals surface area contributed by atoms with Crippen LogP contribution in [0.25, 0.3) is 0 Å². The van der Waals surface area contributed by atoms with Crippen molar-refractivity contribution < 1.29 is 18.8 Å². The molecule has 1 fully saturated rings. The predicted octanol–water partition coefficient (Wildman–Crippen LogP) is 4.55. The second-order valence-corrected chi connectivity index (χ2v) is 6.26. The molecule has 0 aliphatic heterocycles. The lowest BCUT2D eigenvalue weighted by Gasteiger charge is -2.38. The van der Waals surface area contributed by atoms with E-state index in [0.717, 1.165) is 11.1 Å². The Morgan fingerprint density at radius 1 is 1.17 bits per heavy atom. The standard InChI is InChI=1S/C19H20FNO2/c1-14(16-10-6-3-7-11-16)21(19(22)23,18-12-17(18)20)13-15-8-4-2-5-9-15/h2-11,14,17-18H,12-13H2,1H3/p+1/t14?,17-,18+,21+/m0/s1. The van der Waals surface area contributed by atoms with Gasteiger partial charge in [0.05, 0.1) is 0 Å². The fourth-order valence-electron chi connectivity index (χ4n) is 3.43. The Labute approximate surface area is 135 Å². The van der Waals surface area contributed by atoms with Crippen LogP contribution < -0.4 is 0 Å². The lowest BCUT2D eigenvalue weighted by molar-refractivity contribution is -0.910. The molecule has 1 unspecified atom stereocenters. The van der Waals surface area contributed by atoms with Gasteiger partial charge in [-0.2, -0.15) is 4.79 Å². The Morgan fingerprint density at radius 3 is 2.17 bits per heavy atom. The van der Waals surface area contributed by atoms with Crippen LogP contribution in [0.15, 0.2) is 60.7 Å². The van der Waals surface area contributed by atoms with Gasteiger partial charge in [-0.15, -0.1) is 0 Å². The summed E-state index contributed by atoms with van der Waals surface area (Å²) in [7, 11) is 0. The minimum absolute atomic E-state index is 0.283. The van der Waals surface area contributed by atoms with Gasteiger partial charge in [0.25, 0.3) is 0 Å². The second kappa shape index (κ2) is 6.13. The lowest BCUT2D eigenvalue weighted by Crippen LogP contribution is -2.55. The largest absolute Gasteiger partial charge is 0.514 e. The molecule has 0 spiro atoms. The summed E-state index contributed by atoms with van der Waals surface area (Å²) in [5, 5.41) is 10.1. The number of nitrogens with zero attached hydrogens (tertiary/aromatic N) is 1. The number of amides is 1. The van der Waals surface area contributed by atoms with E-state index in [1.165, 1.54) is 0 Å². The molecule has 1 aliphatic rings.